The van der Waals surface area contributed by atoms with Crippen LogP contribution in [0.2, 0.25) is 5.02 Å². The van der Waals surface area contributed by atoms with E-state index in [9.17, 15) is 9.18 Å². The summed E-state index contributed by atoms with van der Waals surface area (Å²) in [6.07, 6.45) is 1.83. The van der Waals surface area contributed by atoms with Gasteiger partial charge in [-0.2, -0.15) is 0 Å². The maximum Gasteiger partial charge on any atom is 0.175 e. The standard InChI is InChI=1S/C11H7ClFNO2/c1-16-9-3-2-8-10(11(9)13)6(5-15)7(12)4-14-8/h2-5H,1H3. The first-order valence-electron chi connectivity index (χ1n) is 4.45. The lowest BCUT2D eigenvalue weighted by molar-refractivity contribution is 0.112. The molecule has 1 aromatic carbocycles. The van der Waals surface area contributed by atoms with E-state index in [0.29, 0.717) is 11.8 Å². The molecular weight excluding hydrogens is 233 g/mol. The zero-order valence-corrected chi connectivity index (χ0v) is 9.08. The molecule has 3 nitrogen and oxygen atoms in total. The molecule has 0 bridgehead atoms. The molecule has 1 heterocycles. The number of benzene rings is 1. The summed E-state index contributed by atoms with van der Waals surface area (Å²) in [4.78, 5) is 14.8. The maximum absolute atomic E-state index is 13.9. The summed E-state index contributed by atoms with van der Waals surface area (Å²) in [6.45, 7) is 0. The molecule has 0 saturated carbocycles. The number of aldehydes is 1. The molecule has 1 aromatic heterocycles. The van der Waals surface area contributed by atoms with E-state index >= 15 is 0 Å². The van der Waals surface area contributed by atoms with Gasteiger partial charge in [0.2, 0.25) is 0 Å². The number of nitrogens with zero attached hydrogens (tertiary/aromatic N) is 1. The molecule has 0 saturated heterocycles. The summed E-state index contributed by atoms with van der Waals surface area (Å²) in [5.41, 5.74) is 0.452. The van der Waals surface area contributed by atoms with Crippen molar-refractivity contribution in [3.05, 3.63) is 34.7 Å². The number of aromatic nitrogens is 1. The van der Waals surface area contributed by atoms with E-state index in [1.807, 2.05) is 0 Å². The molecule has 2 aromatic rings. The first-order chi connectivity index (χ1) is 7.69. The third kappa shape index (κ3) is 1.51. The lowest BCUT2D eigenvalue weighted by Crippen LogP contribution is -1.95. The van der Waals surface area contributed by atoms with Gasteiger partial charge in [-0.1, -0.05) is 11.6 Å². The normalized spacial score (nSPS) is 10.4. The molecule has 0 radical (unpaired) electrons. The number of carbonyl (C=O) groups is 1. The minimum Gasteiger partial charge on any atom is -0.494 e. The second-order valence-corrected chi connectivity index (χ2v) is 3.52. The van der Waals surface area contributed by atoms with Crippen molar-refractivity contribution in [3.63, 3.8) is 0 Å². The van der Waals surface area contributed by atoms with E-state index in [1.165, 1.54) is 19.4 Å². The van der Waals surface area contributed by atoms with Crippen molar-refractivity contribution in [2.24, 2.45) is 0 Å². The fourth-order valence-electron chi connectivity index (χ4n) is 1.50. The molecule has 0 aliphatic carbocycles. The molecule has 0 spiro atoms. The minimum atomic E-state index is -0.628. The summed E-state index contributed by atoms with van der Waals surface area (Å²) >= 11 is 5.77. The minimum absolute atomic E-state index is 0.0552. The second kappa shape index (κ2) is 4.06. The molecule has 0 N–H and O–H groups in total. The van der Waals surface area contributed by atoms with Crippen molar-refractivity contribution in [2.45, 2.75) is 0 Å². The SMILES string of the molecule is COc1ccc2ncc(Cl)c(C=O)c2c1F. The van der Waals surface area contributed by atoms with Crippen LogP contribution < -0.4 is 4.74 Å². The fourth-order valence-corrected chi connectivity index (χ4v) is 1.69. The Morgan fingerprint density at radius 1 is 1.50 bits per heavy atom. The predicted octanol–water partition coefficient (Wildman–Crippen LogP) is 2.85. The summed E-state index contributed by atoms with van der Waals surface area (Å²) < 4.78 is 18.7. The van der Waals surface area contributed by atoms with Crippen LogP contribution in [0.5, 0.6) is 5.75 Å². The molecule has 0 amide bonds. The number of carbonyl (C=O) groups excluding carboxylic acids is 1. The molecule has 82 valence electrons. The van der Waals surface area contributed by atoms with Gasteiger partial charge in [-0.25, -0.2) is 4.39 Å². The number of halogens is 2. The maximum atomic E-state index is 13.9. The molecule has 0 fully saturated rings. The van der Waals surface area contributed by atoms with Gasteiger partial charge in [0.25, 0.3) is 0 Å². The van der Waals surface area contributed by atoms with E-state index in [2.05, 4.69) is 4.98 Å². The van der Waals surface area contributed by atoms with Gasteiger partial charge in [-0.15, -0.1) is 0 Å². The Bertz CT molecular complexity index is 571. The van der Waals surface area contributed by atoms with Gasteiger partial charge in [-0.3, -0.25) is 9.78 Å². The Morgan fingerprint density at radius 2 is 2.25 bits per heavy atom. The van der Waals surface area contributed by atoms with Crippen LogP contribution >= 0.6 is 11.6 Å². The Hall–Kier alpha value is -1.68. The quantitative estimate of drug-likeness (QED) is 0.757. The van der Waals surface area contributed by atoms with Crippen LogP contribution in [-0.2, 0) is 0 Å². The van der Waals surface area contributed by atoms with Crippen LogP contribution in [0, 0.1) is 5.82 Å². The van der Waals surface area contributed by atoms with Gasteiger partial charge < -0.3 is 4.74 Å². The van der Waals surface area contributed by atoms with Crippen molar-refractivity contribution in [3.8, 4) is 5.75 Å². The van der Waals surface area contributed by atoms with Gasteiger partial charge >= 0.3 is 0 Å². The Labute approximate surface area is 95.8 Å². The smallest absolute Gasteiger partial charge is 0.175 e. The van der Waals surface area contributed by atoms with Crippen LogP contribution in [0.25, 0.3) is 10.9 Å². The van der Waals surface area contributed by atoms with Gasteiger partial charge in [0.05, 0.1) is 23.0 Å². The Kier molecular flexibility index (Phi) is 2.75. The van der Waals surface area contributed by atoms with Crippen LogP contribution in [0.3, 0.4) is 0 Å². The third-order valence-electron chi connectivity index (χ3n) is 2.27. The van der Waals surface area contributed by atoms with Crippen molar-refractivity contribution < 1.29 is 13.9 Å². The van der Waals surface area contributed by atoms with E-state index in [0.717, 1.165) is 0 Å². The average Bonchev–Trinajstić information content (AvgIpc) is 2.30. The topological polar surface area (TPSA) is 39.2 Å². The second-order valence-electron chi connectivity index (χ2n) is 3.11. The summed E-state index contributed by atoms with van der Waals surface area (Å²) in [7, 11) is 1.35. The Balaban J connectivity index is 2.93. The first kappa shape index (κ1) is 10.8. The van der Waals surface area contributed by atoms with Gasteiger partial charge in [0.15, 0.2) is 17.9 Å². The molecule has 2 rings (SSSR count). The summed E-state index contributed by atoms with van der Waals surface area (Å²) in [6, 6.07) is 3.02. The highest BCUT2D eigenvalue weighted by Crippen LogP contribution is 2.30. The van der Waals surface area contributed by atoms with Crippen LogP contribution in [0.1, 0.15) is 10.4 Å². The number of pyridine rings is 1. The first-order valence-corrected chi connectivity index (χ1v) is 4.82. The highest BCUT2D eigenvalue weighted by atomic mass is 35.5. The fraction of sp³-hybridized carbons (Fsp3) is 0.0909. The summed E-state index contributed by atoms with van der Waals surface area (Å²) in [5.74, 6) is -0.572. The molecular formula is C11H7ClFNO2. The molecule has 16 heavy (non-hydrogen) atoms. The van der Waals surface area contributed by atoms with Crippen molar-refractivity contribution in [1.82, 2.24) is 4.98 Å². The van der Waals surface area contributed by atoms with E-state index < -0.39 is 5.82 Å². The van der Waals surface area contributed by atoms with E-state index in [1.54, 1.807) is 6.07 Å². The lowest BCUT2D eigenvalue weighted by Gasteiger charge is -2.07. The van der Waals surface area contributed by atoms with Gasteiger partial charge in [0, 0.05) is 11.8 Å². The van der Waals surface area contributed by atoms with Crippen LogP contribution in [0.15, 0.2) is 18.3 Å². The molecule has 0 aliphatic rings. The van der Waals surface area contributed by atoms with Crippen LogP contribution in [0.4, 0.5) is 4.39 Å². The number of hydrogen-bond donors (Lipinski definition) is 0. The third-order valence-corrected chi connectivity index (χ3v) is 2.57. The predicted molar refractivity (Wildman–Crippen MR) is 58.7 cm³/mol. The van der Waals surface area contributed by atoms with Crippen molar-refractivity contribution in [2.75, 3.05) is 7.11 Å². The highest BCUT2D eigenvalue weighted by molar-refractivity contribution is 6.34. The molecule has 0 aliphatic heterocycles. The number of methoxy groups -OCH3 is 1. The van der Waals surface area contributed by atoms with Gasteiger partial charge in [0.1, 0.15) is 0 Å². The van der Waals surface area contributed by atoms with Crippen LogP contribution in [-0.4, -0.2) is 18.4 Å². The van der Waals surface area contributed by atoms with Crippen molar-refractivity contribution >= 4 is 28.8 Å². The number of ether oxygens (including phenoxy) is 1. The van der Waals surface area contributed by atoms with Crippen molar-refractivity contribution in [1.29, 1.82) is 0 Å². The largest absolute Gasteiger partial charge is 0.494 e. The number of rotatable bonds is 2. The molecule has 0 atom stereocenters. The highest BCUT2D eigenvalue weighted by Gasteiger charge is 2.14. The monoisotopic (exact) mass is 239 g/mol. The van der Waals surface area contributed by atoms with E-state index in [4.69, 9.17) is 16.3 Å². The number of fused-ring (bicyclic) bond motifs is 1. The molecule has 5 heteroatoms. The van der Waals surface area contributed by atoms with E-state index in [-0.39, 0.29) is 21.7 Å². The summed E-state index contributed by atoms with van der Waals surface area (Å²) in [5, 5.41) is 0.205. The zero-order valence-electron chi connectivity index (χ0n) is 8.33. The Morgan fingerprint density at radius 3 is 2.88 bits per heavy atom. The zero-order chi connectivity index (χ0) is 11.7. The average molecular weight is 240 g/mol. The lowest BCUT2D eigenvalue weighted by atomic mass is 10.1. The number of hydrogen-bond acceptors (Lipinski definition) is 3. The molecule has 0 unspecified atom stereocenters. The van der Waals surface area contributed by atoms with Gasteiger partial charge in [-0.05, 0) is 12.1 Å².